The highest BCUT2D eigenvalue weighted by Gasteiger charge is 2.20. The first-order valence-electron chi connectivity index (χ1n) is 5.61. The van der Waals surface area contributed by atoms with Gasteiger partial charge in [0.25, 0.3) is 0 Å². The largest absolute Gasteiger partial charge is 0.218 e. The molecule has 1 aromatic heterocycles. The van der Waals surface area contributed by atoms with E-state index in [4.69, 9.17) is 5.26 Å². The number of hydrogen-bond donors (Lipinski definition) is 0. The normalized spacial score (nSPS) is 12.2. The molecule has 6 heteroatoms. The van der Waals surface area contributed by atoms with Gasteiger partial charge in [0, 0.05) is 14.7 Å². The number of nitrogens with zero attached hydrogens (tertiary/aromatic N) is 1. The Hall–Kier alpha value is -1.42. The molecule has 0 aliphatic carbocycles. The van der Waals surface area contributed by atoms with Crippen LogP contribution in [0.3, 0.4) is 0 Å². The summed E-state index contributed by atoms with van der Waals surface area (Å²) < 4.78 is 25.6. The van der Waals surface area contributed by atoms with Crippen LogP contribution in [0, 0.1) is 18.3 Å². The van der Waals surface area contributed by atoms with E-state index >= 15 is 0 Å². The number of nitriles is 1. The molecule has 0 aliphatic heterocycles. The van der Waals surface area contributed by atoms with E-state index in [-0.39, 0.29) is 9.80 Å². The molecule has 0 atom stereocenters. The lowest BCUT2D eigenvalue weighted by Crippen LogP contribution is -2.03. The highest BCUT2D eigenvalue weighted by atomic mass is 79.9. The SMILES string of the molecule is Cc1ccc(S(=O)(=O)/C(C#N)=C\c2cc(Br)cs2)cc1. The summed E-state index contributed by atoms with van der Waals surface area (Å²) in [4.78, 5) is 0.589. The van der Waals surface area contributed by atoms with E-state index in [1.807, 2.05) is 12.3 Å². The van der Waals surface area contributed by atoms with Gasteiger partial charge < -0.3 is 0 Å². The molecular formula is C14H10BrNO2S2. The Kier molecular flexibility index (Phi) is 4.43. The van der Waals surface area contributed by atoms with Crippen LogP contribution in [0.1, 0.15) is 10.4 Å². The fourth-order valence-corrected chi connectivity index (χ4v) is 4.15. The van der Waals surface area contributed by atoms with Crippen LogP contribution in [-0.4, -0.2) is 8.42 Å². The Morgan fingerprint density at radius 2 is 2.00 bits per heavy atom. The third-order valence-electron chi connectivity index (χ3n) is 2.59. The maximum atomic E-state index is 12.4. The van der Waals surface area contributed by atoms with Crippen molar-refractivity contribution in [2.45, 2.75) is 11.8 Å². The molecule has 0 N–H and O–H groups in total. The van der Waals surface area contributed by atoms with Crippen LogP contribution in [0.2, 0.25) is 0 Å². The summed E-state index contributed by atoms with van der Waals surface area (Å²) in [5.41, 5.74) is 0.966. The zero-order valence-corrected chi connectivity index (χ0v) is 13.7. The number of benzene rings is 1. The lowest BCUT2D eigenvalue weighted by Gasteiger charge is -2.03. The van der Waals surface area contributed by atoms with E-state index in [9.17, 15) is 8.42 Å². The van der Waals surface area contributed by atoms with E-state index in [2.05, 4.69) is 15.9 Å². The standard InChI is InChI=1S/C14H10BrNO2S2/c1-10-2-4-13(5-3-10)20(17,18)14(8-16)7-12-6-11(15)9-19-12/h2-7,9H,1H3/b14-7-. The summed E-state index contributed by atoms with van der Waals surface area (Å²) >= 11 is 4.66. The number of hydrogen-bond acceptors (Lipinski definition) is 4. The Morgan fingerprint density at radius 3 is 2.50 bits per heavy atom. The summed E-state index contributed by atoms with van der Waals surface area (Å²) in [6.07, 6.45) is 1.39. The van der Waals surface area contributed by atoms with Crippen molar-refractivity contribution in [3.05, 3.63) is 55.5 Å². The van der Waals surface area contributed by atoms with Gasteiger partial charge in [-0.25, -0.2) is 8.42 Å². The molecule has 0 saturated carbocycles. The molecule has 0 saturated heterocycles. The highest BCUT2D eigenvalue weighted by molar-refractivity contribution is 9.10. The molecule has 102 valence electrons. The van der Waals surface area contributed by atoms with Gasteiger partial charge in [-0.2, -0.15) is 5.26 Å². The number of thiophene rings is 1. The van der Waals surface area contributed by atoms with Crippen molar-refractivity contribution >= 4 is 43.2 Å². The average molecular weight is 368 g/mol. The van der Waals surface area contributed by atoms with Gasteiger partial charge in [-0.15, -0.1) is 11.3 Å². The zero-order valence-electron chi connectivity index (χ0n) is 10.5. The number of allylic oxidation sites excluding steroid dienone is 1. The molecule has 1 heterocycles. The molecule has 2 rings (SSSR count). The summed E-state index contributed by atoms with van der Waals surface area (Å²) in [6.45, 7) is 1.88. The average Bonchev–Trinajstić information content (AvgIpc) is 2.82. The first-order valence-corrected chi connectivity index (χ1v) is 8.76. The van der Waals surface area contributed by atoms with Crippen LogP contribution >= 0.6 is 27.3 Å². The number of rotatable bonds is 3. The predicted octanol–water partition coefficient (Wildman–Crippen LogP) is 4.16. The Bertz CT molecular complexity index is 796. The third-order valence-corrected chi connectivity index (χ3v) is 5.91. The van der Waals surface area contributed by atoms with E-state index in [0.717, 1.165) is 10.0 Å². The van der Waals surface area contributed by atoms with Crippen molar-refractivity contribution < 1.29 is 8.42 Å². The van der Waals surface area contributed by atoms with Crippen LogP contribution < -0.4 is 0 Å². The van der Waals surface area contributed by atoms with Crippen molar-refractivity contribution in [1.82, 2.24) is 0 Å². The second-order valence-corrected chi connectivity index (χ2v) is 7.88. The molecule has 1 aromatic carbocycles. The molecule has 3 nitrogen and oxygen atoms in total. The van der Waals surface area contributed by atoms with E-state index < -0.39 is 9.84 Å². The molecule has 0 bridgehead atoms. The Labute approximate surface area is 130 Å². The van der Waals surface area contributed by atoms with E-state index in [1.54, 1.807) is 24.3 Å². The van der Waals surface area contributed by atoms with Gasteiger partial charge in [-0.3, -0.25) is 0 Å². The van der Waals surface area contributed by atoms with Crippen molar-refractivity contribution in [1.29, 1.82) is 5.26 Å². The first-order chi connectivity index (χ1) is 9.43. The minimum atomic E-state index is -3.77. The van der Waals surface area contributed by atoms with Gasteiger partial charge in [0.2, 0.25) is 9.84 Å². The molecule has 0 spiro atoms. The van der Waals surface area contributed by atoms with Crippen LogP contribution in [0.5, 0.6) is 0 Å². The molecule has 0 fully saturated rings. The molecule has 20 heavy (non-hydrogen) atoms. The fourth-order valence-electron chi connectivity index (χ4n) is 1.55. The van der Waals surface area contributed by atoms with Gasteiger partial charge >= 0.3 is 0 Å². The maximum absolute atomic E-state index is 12.4. The van der Waals surface area contributed by atoms with Gasteiger partial charge in [-0.1, -0.05) is 17.7 Å². The lowest BCUT2D eigenvalue weighted by molar-refractivity contribution is 0.603. The zero-order chi connectivity index (χ0) is 14.8. The van der Waals surface area contributed by atoms with Crippen molar-refractivity contribution in [3.8, 4) is 6.07 Å². The number of sulfone groups is 1. The second-order valence-electron chi connectivity index (χ2n) is 4.10. The van der Waals surface area contributed by atoms with Gasteiger partial charge in [0.05, 0.1) is 4.90 Å². The topological polar surface area (TPSA) is 57.9 Å². The molecule has 0 amide bonds. The summed E-state index contributed by atoms with van der Waals surface area (Å²) in [5, 5.41) is 11.0. The molecule has 2 aromatic rings. The second kappa shape index (κ2) is 5.92. The highest BCUT2D eigenvalue weighted by Crippen LogP contribution is 2.26. The van der Waals surface area contributed by atoms with E-state index in [0.29, 0.717) is 4.88 Å². The molecule has 0 radical (unpaired) electrons. The van der Waals surface area contributed by atoms with Crippen LogP contribution in [0.15, 0.2) is 50.0 Å². The van der Waals surface area contributed by atoms with Crippen molar-refractivity contribution in [2.75, 3.05) is 0 Å². The lowest BCUT2D eigenvalue weighted by atomic mass is 10.2. The van der Waals surface area contributed by atoms with Crippen LogP contribution in [0.4, 0.5) is 0 Å². The quantitative estimate of drug-likeness (QED) is 0.765. The Balaban J connectivity index is 2.48. The van der Waals surface area contributed by atoms with Gasteiger partial charge in [0.1, 0.15) is 6.07 Å². The summed E-state index contributed by atoms with van der Waals surface area (Å²) in [7, 11) is -3.77. The third kappa shape index (κ3) is 3.18. The molecular weight excluding hydrogens is 358 g/mol. The van der Waals surface area contributed by atoms with Gasteiger partial charge in [0.15, 0.2) is 4.91 Å². The minimum absolute atomic E-state index is 0.131. The Morgan fingerprint density at radius 1 is 1.35 bits per heavy atom. The van der Waals surface area contributed by atoms with Crippen molar-refractivity contribution in [3.63, 3.8) is 0 Å². The smallest absolute Gasteiger partial charge is 0.216 e. The number of aryl methyl sites for hydroxylation is 1. The monoisotopic (exact) mass is 367 g/mol. The minimum Gasteiger partial charge on any atom is -0.218 e. The summed E-state index contributed by atoms with van der Waals surface area (Å²) in [5.74, 6) is 0. The number of halogens is 1. The predicted molar refractivity (Wildman–Crippen MR) is 84.0 cm³/mol. The maximum Gasteiger partial charge on any atom is 0.216 e. The molecule has 0 aliphatic rings. The fraction of sp³-hybridized carbons (Fsp3) is 0.0714. The molecule has 0 unspecified atom stereocenters. The first kappa shape index (κ1) is 15.0. The van der Waals surface area contributed by atoms with Gasteiger partial charge in [-0.05, 0) is 47.1 Å². The van der Waals surface area contributed by atoms with Crippen LogP contribution in [0.25, 0.3) is 6.08 Å². The summed E-state index contributed by atoms with van der Waals surface area (Å²) in [6, 6.07) is 10.0. The van der Waals surface area contributed by atoms with Crippen LogP contribution in [-0.2, 0) is 9.84 Å². The van der Waals surface area contributed by atoms with Crippen molar-refractivity contribution in [2.24, 2.45) is 0 Å². The van der Waals surface area contributed by atoms with E-state index in [1.165, 1.54) is 29.5 Å².